The van der Waals surface area contributed by atoms with Crippen LogP contribution in [0, 0.1) is 13.8 Å². The Morgan fingerprint density at radius 1 is 1.00 bits per heavy atom. The highest BCUT2D eigenvalue weighted by atomic mass is 32.2. The van der Waals surface area contributed by atoms with Gasteiger partial charge >= 0.3 is 0 Å². The number of aryl methyl sites for hydroxylation is 3. The zero-order chi connectivity index (χ0) is 17.1. The average Bonchev–Trinajstić information content (AvgIpc) is 2.99. The van der Waals surface area contributed by atoms with E-state index in [2.05, 4.69) is 61.5 Å². The van der Waals surface area contributed by atoms with Gasteiger partial charge in [0, 0.05) is 21.4 Å². The molecule has 0 unspecified atom stereocenters. The second-order valence-corrected chi connectivity index (χ2v) is 7.22. The van der Waals surface area contributed by atoms with E-state index in [1.54, 1.807) is 11.8 Å². The van der Waals surface area contributed by atoms with Crippen LogP contribution >= 0.6 is 11.8 Å². The zero-order valence-corrected chi connectivity index (χ0v) is 15.6. The molecule has 0 saturated carbocycles. The molecule has 0 spiro atoms. The molecule has 0 amide bonds. The average molecular weight is 339 g/mol. The van der Waals surface area contributed by atoms with E-state index < -0.39 is 0 Å². The molecule has 1 heterocycles. The van der Waals surface area contributed by atoms with Crippen molar-refractivity contribution < 1.29 is 0 Å². The second-order valence-electron chi connectivity index (χ2n) is 6.37. The summed E-state index contributed by atoms with van der Waals surface area (Å²) >= 11 is 1.81. The fourth-order valence-corrected chi connectivity index (χ4v) is 4.07. The molecule has 1 aromatic heterocycles. The van der Waals surface area contributed by atoms with E-state index in [1.807, 2.05) is 0 Å². The number of hydrogen-bond donors (Lipinski definition) is 2. The lowest BCUT2D eigenvalue weighted by Crippen LogP contribution is -1.99. The van der Waals surface area contributed by atoms with E-state index in [0.29, 0.717) is 0 Å². The first-order chi connectivity index (χ1) is 11.7. The van der Waals surface area contributed by atoms with Crippen molar-refractivity contribution in [2.24, 2.45) is 5.73 Å². The Kier molecular flexibility index (Phi) is 5.32. The van der Waals surface area contributed by atoms with E-state index in [9.17, 15) is 0 Å². The smallest absolute Gasteiger partial charge is 0.0508 e. The highest BCUT2D eigenvalue weighted by molar-refractivity contribution is 7.98. The first-order valence-corrected chi connectivity index (χ1v) is 9.84. The Morgan fingerprint density at radius 3 is 2.50 bits per heavy atom. The molecule has 3 N–H and O–H groups in total. The number of hydrogen-bond acceptors (Lipinski definition) is 2. The summed E-state index contributed by atoms with van der Waals surface area (Å²) in [6.07, 6.45) is 5.41. The number of nitrogens with one attached hydrogen (secondary N) is 1. The molecular formula is C21H26N2S. The number of H-pyrrole nitrogens is 1. The lowest BCUT2D eigenvalue weighted by Gasteiger charge is -2.09. The fourth-order valence-electron chi connectivity index (χ4n) is 3.46. The lowest BCUT2D eigenvalue weighted by molar-refractivity contribution is 0.748. The van der Waals surface area contributed by atoms with Gasteiger partial charge in [0.2, 0.25) is 0 Å². The standard InChI is InChI=1S/C21H26N2S/c1-14-11-12-15(2)20-19(14)17(9-6-7-13-22)21(23-20)16-8-4-5-10-18(16)24-3/h4-5,8,10-12,23H,6-7,9,13,22H2,1-3H3. The summed E-state index contributed by atoms with van der Waals surface area (Å²) in [4.78, 5) is 5.07. The van der Waals surface area contributed by atoms with Gasteiger partial charge in [-0.25, -0.2) is 0 Å². The van der Waals surface area contributed by atoms with Gasteiger partial charge in [-0.2, -0.15) is 0 Å². The third-order valence-corrected chi connectivity index (χ3v) is 5.53. The van der Waals surface area contributed by atoms with E-state index in [4.69, 9.17) is 5.73 Å². The minimum atomic E-state index is 0.761. The Balaban J connectivity index is 2.24. The van der Waals surface area contributed by atoms with Crippen molar-refractivity contribution in [2.75, 3.05) is 12.8 Å². The maximum absolute atomic E-state index is 5.72. The number of unbranched alkanes of at least 4 members (excludes halogenated alkanes) is 1. The van der Waals surface area contributed by atoms with Crippen LogP contribution in [0.2, 0.25) is 0 Å². The Bertz CT molecular complexity index is 848. The summed E-state index contributed by atoms with van der Waals surface area (Å²) in [6.45, 7) is 5.16. The summed E-state index contributed by atoms with van der Waals surface area (Å²) in [6, 6.07) is 13.1. The van der Waals surface area contributed by atoms with Gasteiger partial charge in [0.15, 0.2) is 0 Å². The van der Waals surface area contributed by atoms with Gasteiger partial charge in [0.1, 0.15) is 0 Å². The molecule has 0 saturated heterocycles. The molecule has 0 radical (unpaired) electrons. The van der Waals surface area contributed by atoms with Crippen LogP contribution in [0.3, 0.4) is 0 Å². The van der Waals surface area contributed by atoms with Crippen LogP contribution in [0.1, 0.15) is 29.5 Å². The van der Waals surface area contributed by atoms with E-state index >= 15 is 0 Å². The number of fused-ring (bicyclic) bond motifs is 1. The normalized spacial score (nSPS) is 11.3. The fraction of sp³-hybridized carbons (Fsp3) is 0.333. The quantitative estimate of drug-likeness (QED) is 0.463. The van der Waals surface area contributed by atoms with Crippen molar-refractivity contribution in [1.29, 1.82) is 0 Å². The number of aromatic nitrogens is 1. The van der Waals surface area contributed by atoms with Crippen molar-refractivity contribution >= 4 is 22.7 Å². The molecule has 2 aromatic carbocycles. The zero-order valence-electron chi connectivity index (χ0n) is 14.8. The highest BCUT2D eigenvalue weighted by Crippen LogP contribution is 2.38. The molecule has 2 nitrogen and oxygen atoms in total. The molecule has 3 aromatic rings. The van der Waals surface area contributed by atoms with E-state index in [-0.39, 0.29) is 0 Å². The third kappa shape index (κ3) is 3.11. The molecule has 0 aliphatic heterocycles. The number of benzene rings is 2. The Hall–Kier alpha value is -1.71. The van der Waals surface area contributed by atoms with Gasteiger partial charge in [0.25, 0.3) is 0 Å². The number of aromatic amines is 1. The number of thioether (sulfide) groups is 1. The minimum Gasteiger partial charge on any atom is -0.354 e. The van der Waals surface area contributed by atoms with Crippen molar-refractivity contribution in [3.63, 3.8) is 0 Å². The van der Waals surface area contributed by atoms with Gasteiger partial charge < -0.3 is 10.7 Å². The molecule has 0 bridgehead atoms. The Morgan fingerprint density at radius 2 is 1.75 bits per heavy atom. The molecule has 24 heavy (non-hydrogen) atoms. The Labute approximate surface area is 148 Å². The largest absolute Gasteiger partial charge is 0.354 e. The molecule has 126 valence electrons. The van der Waals surface area contributed by atoms with Crippen LogP contribution in [0.15, 0.2) is 41.3 Å². The summed E-state index contributed by atoms with van der Waals surface area (Å²) < 4.78 is 0. The van der Waals surface area contributed by atoms with Crippen LogP contribution in [0.4, 0.5) is 0 Å². The lowest BCUT2D eigenvalue weighted by atomic mass is 9.97. The van der Waals surface area contributed by atoms with E-state index in [1.165, 1.54) is 43.7 Å². The molecule has 3 rings (SSSR count). The summed E-state index contributed by atoms with van der Waals surface area (Å²) in [5.74, 6) is 0. The van der Waals surface area contributed by atoms with Crippen LogP contribution < -0.4 is 5.73 Å². The van der Waals surface area contributed by atoms with Gasteiger partial charge in [0.05, 0.1) is 5.69 Å². The second kappa shape index (κ2) is 7.45. The van der Waals surface area contributed by atoms with E-state index in [0.717, 1.165) is 25.8 Å². The predicted octanol–water partition coefficient (Wildman–Crippen LogP) is 5.46. The van der Waals surface area contributed by atoms with Crippen LogP contribution in [-0.2, 0) is 6.42 Å². The van der Waals surface area contributed by atoms with Crippen LogP contribution in [-0.4, -0.2) is 17.8 Å². The van der Waals surface area contributed by atoms with Gasteiger partial charge in [-0.1, -0.05) is 30.3 Å². The monoisotopic (exact) mass is 338 g/mol. The molecule has 3 heteroatoms. The third-order valence-electron chi connectivity index (χ3n) is 4.73. The predicted molar refractivity (Wildman–Crippen MR) is 107 cm³/mol. The molecule has 0 fully saturated rings. The first kappa shape index (κ1) is 17.1. The van der Waals surface area contributed by atoms with Gasteiger partial charge in [-0.3, -0.25) is 0 Å². The maximum Gasteiger partial charge on any atom is 0.0508 e. The summed E-state index contributed by atoms with van der Waals surface area (Å²) in [5.41, 5.74) is 13.7. The maximum atomic E-state index is 5.72. The topological polar surface area (TPSA) is 41.8 Å². The summed E-state index contributed by atoms with van der Waals surface area (Å²) in [7, 11) is 0. The molecule has 0 atom stereocenters. The highest BCUT2D eigenvalue weighted by Gasteiger charge is 2.17. The molecule has 0 aliphatic carbocycles. The minimum absolute atomic E-state index is 0.761. The SMILES string of the molecule is CSc1ccccc1-c1[nH]c2c(C)ccc(C)c2c1CCCCN. The first-order valence-electron chi connectivity index (χ1n) is 8.61. The number of rotatable bonds is 6. The van der Waals surface area contributed by atoms with Crippen molar-refractivity contribution in [3.8, 4) is 11.3 Å². The molecule has 0 aliphatic rings. The van der Waals surface area contributed by atoms with Gasteiger partial charge in [-0.05, 0) is 68.7 Å². The van der Waals surface area contributed by atoms with Crippen molar-refractivity contribution in [3.05, 3.63) is 53.1 Å². The molecular weight excluding hydrogens is 312 g/mol. The van der Waals surface area contributed by atoms with Crippen molar-refractivity contribution in [1.82, 2.24) is 4.98 Å². The number of nitrogens with two attached hydrogens (primary N) is 1. The summed E-state index contributed by atoms with van der Waals surface area (Å²) in [5, 5.41) is 1.40. The van der Waals surface area contributed by atoms with Crippen LogP contribution in [0.5, 0.6) is 0 Å². The van der Waals surface area contributed by atoms with Crippen LogP contribution in [0.25, 0.3) is 22.2 Å². The van der Waals surface area contributed by atoms with Crippen molar-refractivity contribution in [2.45, 2.75) is 38.0 Å². The van der Waals surface area contributed by atoms with Gasteiger partial charge in [-0.15, -0.1) is 11.8 Å².